The summed E-state index contributed by atoms with van der Waals surface area (Å²) in [7, 11) is 0. The van der Waals surface area contributed by atoms with E-state index in [2.05, 4.69) is 4.98 Å². The Balaban J connectivity index is 2.36. The monoisotopic (exact) mass is 231 g/mol. The van der Waals surface area contributed by atoms with Crippen molar-refractivity contribution in [3.05, 3.63) is 54.1 Å². The van der Waals surface area contributed by atoms with Crippen LogP contribution in [0.25, 0.3) is 11.1 Å². The maximum absolute atomic E-state index is 12.8. The molecule has 0 aliphatic rings. The van der Waals surface area contributed by atoms with Crippen molar-refractivity contribution < 1.29 is 4.39 Å². The zero-order valence-corrected chi connectivity index (χ0v) is 9.31. The summed E-state index contributed by atoms with van der Waals surface area (Å²) in [4.78, 5) is 4.12. The molecule has 0 aliphatic heterocycles. The molecule has 1 aromatic heterocycles. The average molecular weight is 231 g/mol. The molecule has 4 heteroatoms. The number of hydrogen-bond donors (Lipinski definition) is 2. The SMILES string of the molecule is NCC(N)c1cncc(-c2ccc(F)cc2)c1. The maximum Gasteiger partial charge on any atom is 0.123 e. The van der Waals surface area contributed by atoms with E-state index in [1.165, 1.54) is 12.1 Å². The number of rotatable bonds is 3. The van der Waals surface area contributed by atoms with Crippen LogP contribution in [-0.4, -0.2) is 11.5 Å². The Morgan fingerprint density at radius 2 is 1.82 bits per heavy atom. The molecule has 88 valence electrons. The highest BCUT2D eigenvalue weighted by Crippen LogP contribution is 2.21. The lowest BCUT2D eigenvalue weighted by Gasteiger charge is -2.10. The highest BCUT2D eigenvalue weighted by molar-refractivity contribution is 5.63. The highest BCUT2D eigenvalue weighted by atomic mass is 19.1. The van der Waals surface area contributed by atoms with Gasteiger partial charge in [0.05, 0.1) is 0 Å². The molecule has 2 aromatic rings. The Hall–Kier alpha value is -1.78. The van der Waals surface area contributed by atoms with Gasteiger partial charge in [0.1, 0.15) is 5.82 Å². The third kappa shape index (κ3) is 2.67. The van der Waals surface area contributed by atoms with Crippen molar-refractivity contribution in [1.82, 2.24) is 4.98 Å². The van der Waals surface area contributed by atoms with Gasteiger partial charge in [-0.3, -0.25) is 4.98 Å². The summed E-state index contributed by atoms with van der Waals surface area (Å²) < 4.78 is 12.8. The second-order valence-corrected chi connectivity index (χ2v) is 3.86. The molecule has 0 radical (unpaired) electrons. The fourth-order valence-corrected chi connectivity index (χ4v) is 1.60. The number of nitrogens with zero attached hydrogens (tertiary/aromatic N) is 1. The summed E-state index contributed by atoms with van der Waals surface area (Å²) in [6, 6.07) is 7.98. The van der Waals surface area contributed by atoms with Crippen LogP contribution in [0.5, 0.6) is 0 Å². The van der Waals surface area contributed by atoms with E-state index in [1.807, 2.05) is 6.07 Å². The van der Waals surface area contributed by atoms with E-state index in [9.17, 15) is 4.39 Å². The minimum Gasteiger partial charge on any atom is -0.329 e. The molecule has 1 atom stereocenters. The van der Waals surface area contributed by atoms with Crippen LogP contribution in [-0.2, 0) is 0 Å². The van der Waals surface area contributed by atoms with E-state index in [-0.39, 0.29) is 11.9 Å². The van der Waals surface area contributed by atoms with Crippen LogP contribution in [0, 0.1) is 5.82 Å². The zero-order chi connectivity index (χ0) is 12.3. The first kappa shape index (κ1) is 11.7. The van der Waals surface area contributed by atoms with Gasteiger partial charge in [-0.25, -0.2) is 4.39 Å². The third-order valence-corrected chi connectivity index (χ3v) is 2.62. The molecular formula is C13H14FN3. The summed E-state index contributed by atoms with van der Waals surface area (Å²) in [5.41, 5.74) is 14.1. The van der Waals surface area contributed by atoms with Crippen LogP contribution in [0.1, 0.15) is 11.6 Å². The van der Waals surface area contributed by atoms with Crippen LogP contribution in [0.2, 0.25) is 0 Å². The lowest BCUT2D eigenvalue weighted by molar-refractivity contribution is 0.628. The van der Waals surface area contributed by atoms with Gasteiger partial charge in [0.25, 0.3) is 0 Å². The Morgan fingerprint density at radius 1 is 1.12 bits per heavy atom. The van der Waals surface area contributed by atoms with Gasteiger partial charge in [0, 0.05) is 30.5 Å². The van der Waals surface area contributed by atoms with Gasteiger partial charge in [-0.1, -0.05) is 12.1 Å². The van der Waals surface area contributed by atoms with Gasteiger partial charge in [0.15, 0.2) is 0 Å². The van der Waals surface area contributed by atoms with E-state index in [0.717, 1.165) is 16.7 Å². The van der Waals surface area contributed by atoms with E-state index in [0.29, 0.717) is 6.54 Å². The van der Waals surface area contributed by atoms with E-state index in [1.54, 1.807) is 24.5 Å². The zero-order valence-electron chi connectivity index (χ0n) is 9.31. The smallest absolute Gasteiger partial charge is 0.123 e. The molecule has 3 nitrogen and oxygen atoms in total. The van der Waals surface area contributed by atoms with Crippen LogP contribution < -0.4 is 11.5 Å². The quantitative estimate of drug-likeness (QED) is 0.847. The third-order valence-electron chi connectivity index (χ3n) is 2.62. The second kappa shape index (κ2) is 5.03. The second-order valence-electron chi connectivity index (χ2n) is 3.86. The van der Waals surface area contributed by atoms with Crippen molar-refractivity contribution >= 4 is 0 Å². The normalized spacial score (nSPS) is 12.4. The molecule has 0 aliphatic carbocycles. The summed E-state index contributed by atoms with van der Waals surface area (Å²) in [6.07, 6.45) is 3.42. The number of benzene rings is 1. The number of pyridine rings is 1. The van der Waals surface area contributed by atoms with Crippen LogP contribution in [0.3, 0.4) is 0 Å². The minimum atomic E-state index is -0.253. The molecular weight excluding hydrogens is 217 g/mol. The van der Waals surface area contributed by atoms with Crippen LogP contribution in [0.15, 0.2) is 42.7 Å². The summed E-state index contributed by atoms with van der Waals surface area (Å²) in [5, 5.41) is 0. The molecule has 1 unspecified atom stereocenters. The molecule has 2 rings (SSSR count). The summed E-state index contributed by atoms with van der Waals surface area (Å²) in [5.74, 6) is -0.253. The maximum atomic E-state index is 12.8. The van der Waals surface area contributed by atoms with Gasteiger partial charge in [0.2, 0.25) is 0 Å². The molecule has 0 amide bonds. The fraction of sp³-hybridized carbons (Fsp3) is 0.154. The Kier molecular flexibility index (Phi) is 3.46. The molecule has 0 spiro atoms. The Labute approximate surface area is 99.3 Å². The molecule has 17 heavy (non-hydrogen) atoms. The highest BCUT2D eigenvalue weighted by Gasteiger charge is 2.06. The van der Waals surface area contributed by atoms with Gasteiger partial charge in [-0.2, -0.15) is 0 Å². The van der Waals surface area contributed by atoms with E-state index < -0.39 is 0 Å². The predicted octanol–water partition coefficient (Wildman–Crippen LogP) is 1.85. The molecule has 1 heterocycles. The number of halogens is 1. The molecule has 0 fully saturated rings. The van der Waals surface area contributed by atoms with E-state index >= 15 is 0 Å². The van der Waals surface area contributed by atoms with Crippen molar-refractivity contribution in [1.29, 1.82) is 0 Å². The predicted molar refractivity (Wildman–Crippen MR) is 65.6 cm³/mol. The van der Waals surface area contributed by atoms with E-state index in [4.69, 9.17) is 11.5 Å². The van der Waals surface area contributed by atoms with Gasteiger partial charge < -0.3 is 11.5 Å². The fourth-order valence-electron chi connectivity index (χ4n) is 1.60. The molecule has 0 saturated heterocycles. The van der Waals surface area contributed by atoms with Crippen molar-refractivity contribution in [3.63, 3.8) is 0 Å². The first-order valence-corrected chi connectivity index (χ1v) is 5.37. The van der Waals surface area contributed by atoms with Crippen molar-refractivity contribution in [2.24, 2.45) is 11.5 Å². The van der Waals surface area contributed by atoms with Crippen LogP contribution >= 0.6 is 0 Å². The van der Waals surface area contributed by atoms with Gasteiger partial charge in [-0.05, 0) is 29.3 Å². The average Bonchev–Trinajstić information content (AvgIpc) is 2.39. The molecule has 4 N–H and O–H groups in total. The van der Waals surface area contributed by atoms with Gasteiger partial charge >= 0.3 is 0 Å². The lowest BCUT2D eigenvalue weighted by atomic mass is 10.0. The van der Waals surface area contributed by atoms with Crippen molar-refractivity contribution in [2.45, 2.75) is 6.04 Å². The largest absolute Gasteiger partial charge is 0.329 e. The number of nitrogens with two attached hydrogens (primary N) is 2. The number of aromatic nitrogens is 1. The topological polar surface area (TPSA) is 64.9 Å². The standard InChI is InChI=1S/C13H14FN3/c14-12-3-1-9(2-4-12)10-5-11(8-17-7-10)13(16)6-15/h1-5,7-8,13H,6,15-16H2. The lowest BCUT2D eigenvalue weighted by Crippen LogP contribution is -2.20. The van der Waals surface area contributed by atoms with Gasteiger partial charge in [-0.15, -0.1) is 0 Å². The first-order valence-electron chi connectivity index (χ1n) is 5.37. The first-order chi connectivity index (χ1) is 8.20. The Morgan fingerprint density at radius 3 is 2.47 bits per heavy atom. The Bertz CT molecular complexity index is 496. The molecule has 0 saturated carbocycles. The molecule has 0 bridgehead atoms. The number of hydrogen-bond acceptors (Lipinski definition) is 3. The summed E-state index contributed by atoms with van der Waals surface area (Å²) in [6.45, 7) is 0.370. The molecule has 1 aromatic carbocycles. The summed E-state index contributed by atoms with van der Waals surface area (Å²) >= 11 is 0. The minimum absolute atomic E-state index is 0.220. The van der Waals surface area contributed by atoms with Crippen molar-refractivity contribution in [3.8, 4) is 11.1 Å². The van der Waals surface area contributed by atoms with Crippen molar-refractivity contribution in [2.75, 3.05) is 6.54 Å². The van der Waals surface area contributed by atoms with Crippen LogP contribution in [0.4, 0.5) is 4.39 Å².